The van der Waals surface area contributed by atoms with Crippen molar-refractivity contribution >= 4 is 11.5 Å². The Kier molecular flexibility index (Phi) is 3.11. The Hall–Kier alpha value is -1.82. The summed E-state index contributed by atoms with van der Waals surface area (Å²) in [7, 11) is 0. The molecule has 6 heteroatoms. The third-order valence-electron chi connectivity index (χ3n) is 2.02. The molecule has 0 fully saturated rings. The Morgan fingerprint density at radius 3 is 2.67 bits per heavy atom. The number of Topliss-reactive ketones (excluding diaryl/α,β-unsaturated/α-hetero) is 1. The molecule has 0 heterocycles. The Morgan fingerprint density at radius 2 is 2.20 bits per heavy atom. The third kappa shape index (κ3) is 2.16. The first kappa shape index (κ1) is 11.3. The van der Waals surface area contributed by atoms with E-state index in [0.29, 0.717) is 0 Å². The molecule has 0 aliphatic rings. The van der Waals surface area contributed by atoms with Gasteiger partial charge in [-0.05, 0) is 13.0 Å². The summed E-state index contributed by atoms with van der Waals surface area (Å²) >= 11 is 0. The van der Waals surface area contributed by atoms with Crippen molar-refractivity contribution in [2.45, 2.75) is 6.92 Å². The van der Waals surface area contributed by atoms with Crippen LogP contribution in [0.4, 0.5) is 10.1 Å². The molecule has 2 N–H and O–H groups in total. The smallest absolute Gasteiger partial charge is 0.275 e. The van der Waals surface area contributed by atoms with Crippen molar-refractivity contribution in [1.29, 1.82) is 0 Å². The molecule has 80 valence electrons. The lowest BCUT2D eigenvalue weighted by Crippen LogP contribution is -2.14. The van der Waals surface area contributed by atoms with E-state index in [1.54, 1.807) is 0 Å². The number of rotatable bonds is 3. The van der Waals surface area contributed by atoms with Crippen molar-refractivity contribution in [2.75, 3.05) is 6.54 Å². The van der Waals surface area contributed by atoms with Gasteiger partial charge in [0.2, 0.25) is 0 Å². The molecule has 0 unspecified atom stereocenters. The number of nitrogens with two attached hydrogens (primary N) is 1. The maximum absolute atomic E-state index is 13.2. The zero-order chi connectivity index (χ0) is 11.6. The average Bonchev–Trinajstić information content (AvgIpc) is 2.20. The molecule has 0 spiro atoms. The van der Waals surface area contributed by atoms with E-state index in [1.165, 1.54) is 6.92 Å². The van der Waals surface area contributed by atoms with Crippen molar-refractivity contribution in [2.24, 2.45) is 5.73 Å². The highest BCUT2D eigenvalue weighted by molar-refractivity contribution is 5.98. The minimum absolute atomic E-state index is 0.0766. The summed E-state index contributed by atoms with van der Waals surface area (Å²) in [5, 5.41) is 10.5. The number of carbonyl (C=O) groups excluding carboxylic acids is 1. The second-order valence-corrected chi connectivity index (χ2v) is 2.99. The van der Waals surface area contributed by atoms with E-state index in [-0.39, 0.29) is 17.7 Å². The summed E-state index contributed by atoms with van der Waals surface area (Å²) in [6.07, 6.45) is 0. The van der Waals surface area contributed by atoms with Gasteiger partial charge in [-0.3, -0.25) is 14.9 Å². The summed E-state index contributed by atoms with van der Waals surface area (Å²) in [4.78, 5) is 20.9. The quantitative estimate of drug-likeness (QED) is 0.463. The third-order valence-corrected chi connectivity index (χ3v) is 2.02. The van der Waals surface area contributed by atoms with E-state index in [1.807, 2.05) is 0 Å². The number of halogens is 1. The van der Waals surface area contributed by atoms with E-state index in [2.05, 4.69) is 0 Å². The van der Waals surface area contributed by atoms with Crippen LogP contribution in [0, 0.1) is 22.9 Å². The molecule has 1 aromatic rings. The van der Waals surface area contributed by atoms with Gasteiger partial charge in [-0.25, -0.2) is 4.39 Å². The predicted molar refractivity (Wildman–Crippen MR) is 51.2 cm³/mol. The van der Waals surface area contributed by atoms with Crippen LogP contribution in [0.15, 0.2) is 12.1 Å². The first-order valence-electron chi connectivity index (χ1n) is 4.15. The molecular weight excluding hydrogens is 203 g/mol. The minimum Gasteiger partial charge on any atom is -0.324 e. The van der Waals surface area contributed by atoms with Crippen molar-refractivity contribution in [3.63, 3.8) is 0 Å². The second-order valence-electron chi connectivity index (χ2n) is 2.99. The fraction of sp³-hybridized carbons (Fsp3) is 0.222. The van der Waals surface area contributed by atoms with Gasteiger partial charge in [0.1, 0.15) is 5.82 Å². The highest BCUT2D eigenvalue weighted by atomic mass is 19.1. The lowest BCUT2D eigenvalue weighted by atomic mass is 10.1. The van der Waals surface area contributed by atoms with E-state index in [0.717, 1.165) is 12.1 Å². The van der Waals surface area contributed by atoms with Crippen LogP contribution in [0.2, 0.25) is 0 Å². The van der Waals surface area contributed by atoms with E-state index >= 15 is 0 Å². The number of benzene rings is 1. The molecule has 15 heavy (non-hydrogen) atoms. The largest absolute Gasteiger partial charge is 0.324 e. The summed E-state index contributed by atoms with van der Waals surface area (Å²) in [6.45, 7) is 0.976. The SMILES string of the molecule is Cc1c(F)cc(C(=O)CN)cc1[N+](=O)[O-]. The maximum Gasteiger partial charge on any atom is 0.275 e. The number of hydrogen-bond acceptors (Lipinski definition) is 4. The fourth-order valence-corrected chi connectivity index (χ4v) is 1.13. The monoisotopic (exact) mass is 212 g/mol. The van der Waals surface area contributed by atoms with Gasteiger partial charge in [0, 0.05) is 11.6 Å². The Morgan fingerprint density at radius 1 is 1.60 bits per heavy atom. The summed E-state index contributed by atoms with van der Waals surface area (Å²) in [5.74, 6) is -1.31. The number of nitrogens with zero attached hydrogens (tertiary/aromatic N) is 1. The van der Waals surface area contributed by atoms with E-state index in [9.17, 15) is 19.3 Å². The zero-order valence-corrected chi connectivity index (χ0v) is 7.99. The molecule has 0 saturated carbocycles. The molecule has 5 nitrogen and oxygen atoms in total. The molecule has 0 bridgehead atoms. The average molecular weight is 212 g/mol. The predicted octanol–water partition coefficient (Wildman–Crippen LogP) is 1.18. The molecule has 0 aromatic heterocycles. The Balaban J connectivity index is 3.35. The van der Waals surface area contributed by atoms with Crippen molar-refractivity contribution in [3.05, 3.63) is 39.2 Å². The van der Waals surface area contributed by atoms with Gasteiger partial charge in [0.15, 0.2) is 5.78 Å². The van der Waals surface area contributed by atoms with Gasteiger partial charge in [-0.1, -0.05) is 0 Å². The van der Waals surface area contributed by atoms with Crippen molar-refractivity contribution in [3.8, 4) is 0 Å². The van der Waals surface area contributed by atoms with Crippen LogP contribution in [0.5, 0.6) is 0 Å². The molecule has 0 radical (unpaired) electrons. The highest BCUT2D eigenvalue weighted by Crippen LogP contribution is 2.22. The van der Waals surface area contributed by atoms with Gasteiger partial charge < -0.3 is 5.73 Å². The van der Waals surface area contributed by atoms with Gasteiger partial charge in [0.25, 0.3) is 5.69 Å². The normalized spacial score (nSPS) is 10.1. The molecule has 1 rings (SSSR count). The van der Waals surface area contributed by atoms with Crippen LogP contribution in [0.25, 0.3) is 0 Å². The lowest BCUT2D eigenvalue weighted by Gasteiger charge is -2.02. The standard InChI is InChI=1S/C9H9FN2O3/c1-5-7(10)2-6(9(13)4-11)3-8(5)12(14)15/h2-3H,4,11H2,1H3. The van der Waals surface area contributed by atoms with Gasteiger partial charge >= 0.3 is 0 Å². The number of nitro benzene ring substituents is 1. The van der Waals surface area contributed by atoms with E-state index < -0.39 is 22.2 Å². The highest BCUT2D eigenvalue weighted by Gasteiger charge is 2.18. The minimum atomic E-state index is -0.777. The Bertz CT molecular complexity index is 432. The van der Waals surface area contributed by atoms with Crippen LogP contribution >= 0.6 is 0 Å². The van der Waals surface area contributed by atoms with Crippen LogP contribution in [-0.4, -0.2) is 17.3 Å². The van der Waals surface area contributed by atoms with E-state index in [4.69, 9.17) is 5.73 Å². The number of nitro groups is 1. The molecule has 0 aliphatic carbocycles. The molecule has 0 amide bonds. The molecule has 1 aromatic carbocycles. The molecular formula is C9H9FN2O3. The van der Waals surface area contributed by atoms with Gasteiger partial charge in [0.05, 0.1) is 17.0 Å². The zero-order valence-electron chi connectivity index (χ0n) is 7.99. The Labute approximate surface area is 84.8 Å². The first-order valence-corrected chi connectivity index (χ1v) is 4.15. The van der Waals surface area contributed by atoms with Gasteiger partial charge in [-0.15, -0.1) is 0 Å². The lowest BCUT2D eigenvalue weighted by molar-refractivity contribution is -0.385. The molecule has 0 atom stereocenters. The van der Waals surface area contributed by atoms with Crippen LogP contribution < -0.4 is 5.73 Å². The van der Waals surface area contributed by atoms with Crippen molar-refractivity contribution < 1.29 is 14.1 Å². The molecule has 0 saturated heterocycles. The van der Waals surface area contributed by atoms with Crippen LogP contribution in [-0.2, 0) is 0 Å². The topological polar surface area (TPSA) is 86.2 Å². The van der Waals surface area contributed by atoms with Crippen LogP contribution in [0.1, 0.15) is 15.9 Å². The summed E-state index contributed by atoms with van der Waals surface area (Å²) < 4.78 is 13.2. The first-order chi connectivity index (χ1) is 6.97. The molecule has 0 aliphatic heterocycles. The van der Waals surface area contributed by atoms with Crippen molar-refractivity contribution in [1.82, 2.24) is 0 Å². The summed E-state index contributed by atoms with van der Waals surface area (Å²) in [5.41, 5.74) is 4.50. The second kappa shape index (κ2) is 4.14. The number of hydrogen-bond donors (Lipinski definition) is 1. The van der Waals surface area contributed by atoms with Crippen LogP contribution in [0.3, 0.4) is 0 Å². The van der Waals surface area contributed by atoms with Gasteiger partial charge in [-0.2, -0.15) is 0 Å². The fourth-order valence-electron chi connectivity index (χ4n) is 1.13. The number of carbonyl (C=O) groups is 1. The maximum atomic E-state index is 13.2. The summed E-state index contributed by atoms with van der Waals surface area (Å²) in [6, 6.07) is 1.99. The number of ketones is 1.